The standard InChI is InChI=1S/C12H20N2O2S/c1-4-14(17(15,16)10(2)3)9-11-5-7-12(13)8-6-11/h5-8,10H,4,9,13H2,1-3H3. The number of rotatable bonds is 5. The number of benzene rings is 1. The van der Waals surface area contributed by atoms with Crippen molar-refractivity contribution >= 4 is 15.7 Å². The summed E-state index contributed by atoms with van der Waals surface area (Å²) in [6, 6.07) is 7.28. The lowest BCUT2D eigenvalue weighted by Crippen LogP contribution is -2.35. The predicted molar refractivity (Wildman–Crippen MR) is 71.0 cm³/mol. The summed E-state index contributed by atoms with van der Waals surface area (Å²) in [6.07, 6.45) is 0. The molecule has 1 rings (SSSR count). The van der Waals surface area contributed by atoms with Crippen molar-refractivity contribution < 1.29 is 8.42 Å². The van der Waals surface area contributed by atoms with E-state index < -0.39 is 15.3 Å². The summed E-state index contributed by atoms with van der Waals surface area (Å²) in [6.45, 7) is 6.11. The fourth-order valence-corrected chi connectivity index (χ4v) is 2.79. The van der Waals surface area contributed by atoms with Crippen molar-refractivity contribution in [1.29, 1.82) is 0 Å². The Kier molecular flexibility index (Phi) is 4.54. The maximum atomic E-state index is 12.0. The molecular weight excluding hydrogens is 236 g/mol. The number of hydrogen-bond acceptors (Lipinski definition) is 3. The molecule has 0 saturated heterocycles. The number of nitrogens with two attached hydrogens (primary N) is 1. The predicted octanol–water partition coefficient (Wildman–Crippen LogP) is 1.83. The number of hydrogen-bond donors (Lipinski definition) is 1. The minimum atomic E-state index is -3.20. The van der Waals surface area contributed by atoms with Crippen molar-refractivity contribution in [2.45, 2.75) is 32.6 Å². The van der Waals surface area contributed by atoms with Crippen LogP contribution in [-0.2, 0) is 16.6 Å². The third kappa shape index (κ3) is 3.44. The molecule has 0 aromatic heterocycles. The second-order valence-electron chi connectivity index (χ2n) is 4.26. The van der Waals surface area contributed by atoms with Gasteiger partial charge in [0.25, 0.3) is 0 Å². The molecule has 5 heteroatoms. The smallest absolute Gasteiger partial charge is 0.216 e. The van der Waals surface area contributed by atoms with Crippen molar-refractivity contribution in [3.63, 3.8) is 0 Å². The summed E-state index contributed by atoms with van der Waals surface area (Å²) in [7, 11) is -3.20. The topological polar surface area (TPSA) is 63.4 Å². The van der Waals surface area contributed by atoms with Gasteiger partial charge in [0.05, 0.1) is 5.25 Å². The van der Waals surface area contributed by atoms with E-state index in [1.165, 1.54) is 4.31 Å². The minimum Gasteiger partial charge on any atom is -0.399 e. The molecule has 2 N–H and O–H groups in total. The molecule has 0 fully saturated rings. The van der Waals surface area contributed by atoms with Crippen LogP contribution >= 0.6 is 0 Å². The largest absolute Gasteiger partial charge is 0.399 e. The molecule has 17 heavy (non-hydrogen) atoms. The van der Waals surface area contributed by atoms with E-state index >= 15 is 0 Å². The maximum Gasteiger partial charge on any atom is 0.216 e. The van der Waals surface area contributed by atoms with Crippen LogP contribution in [0.2, 0.25) is 0 Å². The van der Waals surface area contributed by atoms with Gasteiger partial charge in [-0.3, -0.25) is 0 Å². The number of sulfonamides is 1. The first kappa shape index (κ1) is 14.0. The van der Waals surface area contributed by atoms with Crippen LogP contribution in [-0.4, -0.2) is 24.5 Å². The zero-order chi connectivity index (χ0) is 13.1. The number of anilines is 1. The monoisotopic (exact) mass is 256 g/mol. The maximum absolute atomic E-state index is 12.0. The fourth-order valence-electron chi connectivity index (χ4n) is 1.51. The zero-order valence-electron chi connectivity index (χ0n) is 10.6. The molecule has 0 bridgehead atoms. The van der Waals surface area contributed by atoms with Gasteiger partial charge < -0.3 is 5.73 Å². The molecule has 0 atom stereocenters. The highest BCUT2D eigenvalue weighted by molar-refractivity contribution is 7.89. The van der Waals surface area contributed by atoms with Gasteiger partial charge in [-0.25, -0.2) is 8.42 Å². The van der Waals surface area contributed by atoms with Gasteiger partial charge in [0.15, 0.2) is 0 Å². The Labute approximate surface area is 103 Å². The van der Waals surface area contributed by atoms with Gasteiger partial charge in [0.2, 0.25) is 10.0 Å². The third-order valence-corrected chi connectivity index (χ3v) is 4.95. The summed E-state index contributed by atoms with van der Waals surface area (Å²) >= 11 is 0. The highest BCUT2D eigenvalue weighted by atomic mass is 32.2. The van der Waals surface area contributed by atoms with E-state index in [9.17, 15) is 8.42 Å². The molecular formula is C12H20N2O2S. The van der Waals surface area contributed by atoms with Gasteiger partial charge in [0.1, 0.15) is 0 Å². The molecule has 0 amide bonds. The first-order valence-corrected chi connectivity index (χ1v) is 7.21. The van der Waals surface area contributed by atoms with Crippen LogP contribution in [0.25, 0.3) is 0 Å². The van der Waals surface area contributed by atoms with Crippen molar-refractivity contribution in [2.24, 2.45) is 0 Å². The van der Waals surface area contributed by atoms with Crippen molar-refractivity contribution in [3.8, 4) is 0 Å². The van der Waals surface area contributed by atoms with Gasteiger partial charge in [-0.05, 0) is 31.5 Å². The molecule has 0 aliphatic carbocycles. The Morgan fingerprint density at radius 1 is 1.24 bits per heavy atom. The van der Waals surface area contributed by atoms with E-state index in [-0.39, 0.29) is 0 Å². The third-order valence-electron chi connectivity index (χ3n) is 2.65. The Morgan fingerprint density at radius 3 is 2.18 bits per heavy atom. The first-order chi connectivity index (χ1) is 7.87. The lowest BCUT2D eigenvalue weighted by atomic mass is 10.2. The van der Waals surface area contributed by atoms with Gasteiger partial charge >= 0.3 is 0 Å². The lowest BCUT2D eigenvalue weighted by molar-refractivity contribution is 0.418. The quantitative estimate of drug-likeness (QED) is 0.817. The highest BCUT2D eigenvalue weighted by Gasteiger charge is 2.24. The summed E-state index contributed by atoms with van der Waals surface area (Å²) in [5, 5.41) is -0.392. The van der Waals surface area contributed by atoms with E-state index in [4.69, 9.17) is 5.73 Å². The van der Waals surface area contributed by atoms with Crippen molar-refractivity contribution in [3.05, 3.63) is 29.8 Å². The van der Waals surface area contributed by atoms with Crippen LogP contribution < -0.4 is 5.73 Å². The van der Waals surface area contributed by atoms with Crippen LogP contribution in [0.1, 0.15) is 26.3 Å². The Morgan fingerprint density at radius 2 is 1.76 bits per heavy atom. The first-order valence-electron chi connectivity index (χ1n) is 5.71. The van der Waals surface area contributed by atoms with Gasteiger partial charge in [-0.15, -0.1) is 0 Å². The van der Waals surface area contributed by atoms with E-state index in [0.29, 0.717) is 18.8 Å². The Balaban J connectivity index is 2.88. The summed E-state index contributed by atoms with van der Waals surface area (Å²) in [5.74, 6) is 0. The molecule has 0 aliphatic heterocycles. The van der Waals surface area contributed by atoms with Gasteiger partial charge in [-0.1, -0.05) is 19.1 Å². The van der Waals surface area contributed by atoms with Crippen molar-refractivity contribution in [2.75, 3.05) is 12.3 Å². The molecule has 1 aromatic carbocycles. The molecule has 0 saturated carbocycles. The van der Waals surface area contributed by atoms with Crippen LogP contribution in [0, 0.1) is 0 Å². The Bertz CT molecular complexity index is 452. The molecule has 1 aromatic rings. The summed E-state index contributed by atoms with van der Waals surface area (Å²) < 4.78 is 25.6. The van der Waals surface area contributed by atoms with Gasteiger partial charge in [0, 0.05) is 18.8 Å². The van der Waals surface area contributed by atoms with Crippen LogP contribution in [0.3, 0.4) is 0 Å². The minimum absolute atomic E-state index is 0.392. The normalized spacial score (nSPS) is 12.3. The van der Waals surface area contributed by atoms with Crippen molar-refractivity contribution in [1.82, 2.24) is 4.31 Å². The van der Waals surface area contributed by atoms with E-state index in [1.807, 2.05) is 19.1 Å². The van der Waals surface area contributed by atoms with E-state index in [0.717, 1.165) is 5.56 Å². The number of nitrogen functional groups attached to an aromatic ring is 1. The molecule has 96 valence electrons. The van der Waals surface area contributed by atoms with E-state index in [2.05, 4.69) is 0 Å². The lowest BCUT2D eigenvalue weighted by Gasteiger charge is -2.22. The highest BCUT2D eigenvalue weighted by Crippen LogP contribution is 2.14. The molecule has 0 spiro atoms. The van der Waals surface area contributed by atoms with E-state index in [1.54, 1.807) is 26.0 Å². The molecule has 0 aliphatic rings. The summed E-state index contributed by atoms with van der Waals surface area (Å²) in [5.41, 5.74) is 7.23. The average molecular weight is 256 g/mol. The molecule has 0 heterocycles. The average Bonchev–Trinajstić information content (AvgIpc) is 2.27. The second-order valence-corrected chi connectivity index (χ2v) is 6.75. The Hall–Kier alpha value is -1.07. The zero-order valence-corrected chi connectivity index (χ0v) is 11.4. The second kappa shape index (κ2) is 5.51. The SMILES string of the molecule is CCN(Cc1ccc(N)cc1)S(=O)(=O)C(C)C. The van der Waals surface area contributed by atoms with Crippen LogP contribution in [0.5, 0.6) is 0 Å². The van der Waals surface area contributed by atoms with Gasteiger partial charge in [-0.2, -0.15) is 4.31 Å². The molecule has 4 nitrogen and oxygen atoms in total. The molecule has 0 radical (unpaired) electrons. The van der Waals surface area contributed by atoms with Crippen LogP contribution in [0.4, 0.5) is 5.69 Å². The summed E-state index contributed by atoms with van der Waals surface area (Å²) in [4.78, 5) is 0. The fraction of sp³-hybridized carbons (Fsp3) is 0.500. The molecule has 0 unspecified atom stereocenters. The van der Waals surface area contributed by atoms with Crippen LogP contribution in [0.15, 0.2) is 24.3 Å². The number of nitrogens with zero attached hydrogens (tertiary/aromatic N) is 1.